The highest BCUT2D eigenvalue weighted by atomic mass is 19.4. The predicted molar refractivity (Wildman–Crippen MR) is 44.6 cm³/mol. The van der Waals surface area contributed by atoms with Crippen LogP contribution >= 0.6 is 0 Å². The Morgan fingerprint density at radius 3 is 2.67 bits per heavy atom. The summed E-state index contributed by atoms with van der Waals surface area (Å²) in [6, 6.07) is 0.569. The van der Waals surface area contributed by atoms with Gasteiger partial charge in [-0.15, -0.1) is 6.42 Å². The summed E-state index contributed by atoms with van der Waals surface area (Å²) in [5.41, 5.74) is 3.32. The Morgan fingerprint density at radius 1 is 1.67 bits per heavy atom. The molecule has 0 radical (unpaired) electrons. The van der Waals surface area contributed by atoms with Crippen molar-refractivity contribution in [2.75, 3.05) is 0 Å². The van der Waals surface area contributed by atoms with Crippen molar-refractivity contribution in [3.05, 3.63) is 17.5 Å². The number of aromatic nitrogens is 2. The van der Waals surface area contributed by atoms with Crippen LogP contribution in [0.4, 0.5) is 13.2 Å². The average molecular weight is 217 g/mol. The summed E-state index contributed by atoms with van der Waals surface area (Å²) in [4.78, 5) is 10.8. The van der Waals surface area contributed by atoms with Gasteiger partial charge in [-0.1, -0.05) is 5.92 Å². The fourth-order valence-corrected chi connectivity index (χ4v) is 0.961. The Hall–Kier alpha value is -1.97. The number of hydrogen-bond acceptors (Lipinski definition) is 2. The molecule has 1 aromatic heterocycles. The molecule has 0 aliphatic heterocycles. The number of nitrogens with zero attached hydrogens (tertiary/aromatic N) is 2. The molecule has 0 aromatic carbocycles. The molecule has 1 heterocycles. The van der Waals surface area contributed by atoms with E-state index in [2.05, 4.69) is 11.0 Å². The summed E-state index contributed by atoms with van der Waals surface area (Å²) in [7, 11) is 0. The fourth-order valence-electron chi connectivity index (χ4n) is 0.961. The first kappa shape index (κ1) is 11.1. The van der Waals surface area contributed by atoms with Crippen LogP contribution < -0.4 is 5.73 Å². The Bertz CT molecular complexity index is 427. The number of carbonyl (C=O) groups excluding carboxylic acids is 1. The van der Waals surface area contributed by atoms with Crippen LogP contribution in [0.1, 0.15) is 16.2 Å². The van der Waals surface area contributed by atoms with Gasteiger partial charge in [0.2, 0.25) is 0 Å². The maximum absolute atomic E-state index is 12.2. The highest BCUT2D eigenvalue weighted by Crippen LogP contribution is 2.28. The van der Waals surface area contributed by atoms with Crippen molar-refractivity contribution >= 4 is 5.91 Å². The number of alkyl halides is 3. The van der Waals surface area contributed by atoms with Gasteiger partial charge >= 0.3 is 6.18 Å². The van der Waals surface area contributed by atoms with Gasteiger partial charge in [0.05, 0.1) is 0 Å². The largest absolute Gasteiger partial charge is 0.435 e. The van der Waals surface area contributed by atoms with Gasteiger partial charge in [-0.25, -0.2) is 4.68 Å². The van der Waals surface area contributed by atoms with E-state index in [1.165, 1.54) is 0 Å². The van der Waals surface area contributed by atoms with Gasteiger partial charge in [-0.2, -0.15) is 18.3 Å². The van der Waals surface area contributed by atoms with Crippen LogP contribution in [-0.2, 0) is 12.7 Å². The lowest BCUT2D eigenvalue weighted by Crippen LogP contribution is -2.17. The van der Waals surface area contributed by atoms with Crippen molar-refractivity contribution in [1.29, 1.82) is 0 Å². The van der Waals surface area contributed by atoms with Crippen LogP contribution in [-0.4, -0.2) is 15.7 Å². The van der Waals surface area contributed by atoms with Gasteiger partial charge in [0.1, 0.15) is 12.2 Å². The van der Waals surface area contributed by atoms with E-state index in [9.17, 15) is 18.0 Å². The second-order valence-electron chi connectivity index (χ2n) is 2.64. The van der Waals surface area contributed by atoms with Crippen molar-refractivity contribution in [2.45, 2.75) is 12.7 Å². The molecule has 0 saturated heterocycles. The molecule has 0 atom stereocenters. The zero-order chi connectivity index (χ0) is 11.6. The van der Waals surface area contributed by atoms with Crippen LogP contribution in [0.3, 0.4) is 0 Å². The summed E-state index contributed by atoms with van der Waals surface area (Å²) in [6.45, 7) is -0.242. The van der Waals surface area contributed by atoms with Crippen molar-refractivity contribution in [2.24, 2.45) is 5.73 Å². The van der Waals surface area contributed by atoms with E-state index in [1.54, 1.807) is 0 Å². The van der Waals surface area contributed by atoms with E-state index in [0.717, 1.165) is 4.68 Å². The first-order valence-electron chi connectivity index (χ1n) is 3.74. The highest BCUT2D eigenvalue weighted by molar-refractivity contribution is 5.91. The van der Waals surface area contributed by atoms with E-state index >= 15 is 0 Å². The molecule has 4 nitrogen and oxygen atoms in total. The third kappa shape index (κ3) is 2.28. The number of terminal acetylenes is 1. The number of rotatable bonds is 2. The van der Waals surface area contributed by atoms with Gasteiger partial charge in [-0.3, -0.25) is 4.79 Å². The van der Waals surface area contributed by atoms with Crippen LogP contribution in [0.15, 0.2) is 6.07 Å². The Morgan fingerprint density at radius 2 is 2.27 bits per heavy atom. The van der Waals surface area contributed by atoms with Crippen molar-refractivity contribution in [1.82, 2.24) is 9.78 Å². The summed E-state index contributed by atoms with van der Waals surface area (Å²) >= 11 is 0. The molecular weight excluding hydrogens is 211 g/mol. The molecule has 2 N–H and O–H groups in total. The molecule has 0 aliphatic rings. The number of hydrogen-bond donors (Lipinski definition) is 1. The zero-order valence-electron chi connectivity index (χ0n) is 7.38. The van der Waals surface area contributed by atoms with Gasteiger partial charge in [0.25, 0.3) is 5.91 Å². The number of halogens is 3. The molecular formula is C8H6F3N3O. The molecule has 7 heteroatoms. The van der Waals surface area contributed by atoms with Gasteiger partial charge in [0, 0.05) is 6.07 Å². The molecule has 1 rings (SSSR count). The molecule has 0 bridgehead atoms. The normalized spacial score (nSPS) is 11.1. The Labute approximate surface area is 82.9 Å². The minimum absolute atomic E-state index is 0.242. The van der Waals surface area contributed by atoms with E-state index in [-0.39, 0.29) is 12.2 Å². The summed E-state index contributed by atoms with van der Waals surface area (Å²) in [5, 5.41) is 3.14. The third-order valence-electron chi connectivity index (χ3n) is 1.56. The molecule has 15 heavy (non-hydrogen) atoms. The lowest BCUT2D eigenvalue weighted by atomic mass is 10.3. The fraction of sp³-hybridized carbons (Fsp3) is 0.250. The molecule has 0 saturated carbocycles. The Balaban J connectivity index is 3.22. The minimum atomic E-state index is -4.62. The van der Waals surface area contributed by atoms with Crippen molar-refractivity contribution < 1.29 is 18.0 Å². The van der Waals surface area contributed by atoms with Crippen LogP contribution in [0.5, 0.6) is 0 Å². The van der Waals surface area contributed by atoms with Crippen LogP contribution in [0.25, 0.3) is 0 Å². The maximum Gasteiger partial charge on any atom is 0.435 e. The van der Waals surface area contributed by atoms with Gasteiger partial charge < -0.3 is 5.73 Å². The second-order valence-corrected chi connectivity index (χ2v) is 2.64. The standard InChI is InChI=1S/C8H6F3N3O/c1-2-3-14-5(7(12)15)4-6(13-14)8(9,10)11/h1,4H,3H2,(H2,12,15). The monoisotopic (exact) mass is 217 g/mol. The second kappa shape index (κ2) is 3.65. The highest BCUT2D eigenvalue weighted by Gasteiger charge is 2.35. The van der Waals surface area contributed by atoms with E-state index in [4.69, 9.17) is 12.2 Å². The van der Waals surface area contributed by atoms with Crippen molar-refractivity contribution in [3.63, 3.8) is 0 Å². The molecule has 0 fully saturated rings. The molecule has 1 aromatic rings. The topological polar surface area (TPSA) is 60.9 Å². The number of nitrogens with two attached hydrogens (primary N) is 1. The number of primary amides is 1. The summed E-state index contributed by atoms with van der Waals surface area (Å²) in [5.74, 6) is 1.06. The van der Waals surface area contributed by atoms with Gasteiger partial charge in [-0.05, 0) is 0 Å². The number of amides is 1. The first-order valence-corrected chi connectivity index (χ1v) is 3.74. The van der Waals surface area contributed by atoms with Gasteiger partial charge in [0.15, 0.2) is 5.69 Å². The molecule has 0 aliphatic carbocycles. The summed E-state index contributed by atoms with van der Waals surface area (Å²) < 4.78 is 37.4. The molecule has 0 unspecified atom stereocenters. The van der Waals surface area contributed by atoms with Crippen molar-refractivity contribution in [3.8, 4) is 12.3 Å². The quantitative estimate of drug-likeness (QED) is 0.738. The lowest BCUT2D eigenvalue weighted by Gasteiger charge is -2.00. The SMILES string of the molecule is C#CCn1nc(C(F)(F)F)cc1C(N)=O. The minimum Gasteiger partial charge on any atom is -0.364 e. The lowest BCUT2D eigenvalue weighted by molar-refractivity contribution is -0.141. The summed E-state index contributed by atoms with van der Waals surface area (Å²) in [6.07, 6.45) is 0.283. The number of carbonyl (C=O) groups is 1. The van der Waals surface area contributed by atoms with Crippen LogP contribution in [0, 0.1) is 12.3 Å². The third-order valence-corrected chi connectivity index (χ3v) is 1.56. The maximum atomic E-state index is 12.2. The molecule has 80 valence electrons. The van der Waals surface area contributed by atoms with E-state index in [0.29, 0.717) is 6.07 Å². The van der Waals surface area contributed by atoms with E-state index < -0.39 is 17.8 Å². The van der Waals surface area contributed by atoms with Crippen LogP contribution in [0.2, 0.25) is 0 Å². The zero-order valence-corrected chi connectivity index (χ0v) is 7.38. The molecule has 0 spiro atoms. The van der Waals surface area contributed by atoms with E-state index in [1.807, 2.05) is 0 Å². The average Bonchev–Trinajstić information content (AvgIpc) is 2.48. The first-order chi connectivity index (χ1) is 6.86. The Kier molecular flexibility index (Phi) is 2.70. The molecule has 1 amide bonds. The predicted octanol–water partition coefficient (Wildman–Crippen LogP) is 0.634. The smallest absolute Gasteiger partial charge is 0.364 e.